The summed E-state index contributed by atoms with van der Waals surface area (Å²) in [5, 5.41) is 6.58. The minimum absolute atomic E-state index is 0.118. The molecule has 0 saturated carbocycles. The van der Waals surface area contributed by atoms with E-state index in [-0.39, 0.29) is 29.0 Å². The Morgan fingerprint density at radius 2 is 2.07 bits per heavy atom. The van der Waals surface area contributed by atoms with E-state index in [0.717, 1.165) is 19.3 Å². The van der Waals surface area contributed by atoms with Gasteiger partial charge >= 0.3 is 6.09 Å². The highest BCUT2D eigenvalue weighted by molar-refractivity contribution is 5.93. The number of likely N-dealkylation sites (tertiary alicyclic amines) is 1. The molecular weight excluding hydrogens is 377 g/mol. The van der Waals surface area contributed by atoms with Crippen molar-refractivity contribution >= 4 is 12.0 Å². The molecule has 156 valence electrons. The topological polar surface area (TPSA) is 84.7 Å². The first-order valence-electron chi connectivity index (χ1n) is 9.74. The number of alkyl carbamates (subject to hydrolysis) is 1. The van der Waals surface area contributed by atoms with Gasteiger partial charge in [-0.05, 0) is 52.2 Å². The van der Waals surface area contributed by atoms with Crippen LogP contribution >= 0.6 is 0 Å². The summed E-state index contributed by atoms with van der Waals surface area (Å²) in [6.07, 6.45) is 2.08. The minimum atomic E-state index is -0.587. The summed E-state index contributed by atoms with van der Waals surface area (Å²) >= 11 is 0. The van der Waals surface area contributed by atoms with E-state index in [2.05, 4.69) is 10.5 Å². The van der Waals surface area contributed by atoms with Crippen molar-refractivity contribution in [2.75, 3.05) is 13.1 Å². The number of ether oxygens (including phenoxy) is 1. The Bertz CT molecular complexity index is 875. The molecule has 0 radical (unpaired) electrons. The van der Waals surface area contributed by atoms with E-state index < -0.39 is 17.5 Å². The van der Waals surface area contributed by atoms with Crippen molar-refractivity contribution in [2.45, 2.75) is 51.7 Å². The van der Waals surface area contributed by atoms with E-state index in [9.17, 15) is 14.0 Å². The second kappa shape index (κ2) is 8.63. The van der Waals surface area contributed by atoms with E-state index in [1.807, 2.05) is 0 Å². The molecule has 2 heterocycles. The zero-order valence-electron chi connectivity index (χ0n) is 16.9. The zero-order valence-corrected chi connectivity index (χ0v) is 16.9. The maximum atomic E-state index is 14.0. The molecule has 8 heteroatoms. The minimum Gasteiger partial charge on any atom is -0.444 e. The fraction of sp³-hybridized carbons (Fsp3) is 0.476. The van der Waals surface area contributed by atoms with Gasteiger partial charge in [0.1, 0.15) is 11.4 Å². The Morgan fingerprint density at radius 1 is 1.31 bits per heavy atom. The number of halogens is 1. The SMILES string of the molecule is CC(C)(C)OC(=O)NC[C@@H]1CCCCN1C(=O)c1cc(-c2ccccc2F)on1. The normalized spacial score (nSPS) is 17.1. The molecular formula is C21H26FN3O4. The molecule has 7 nitrogen and oxygen atoms in total. The van der Waals surface area contributed by atoms with Crippen molar-refractivity contribution in [3.05, 3.63) is 41.8 Å². The molecule has 2 aromatic rings. The van der Waals surface area contributed by atoms with Crippen molar-refractivity contribution in [3.63, 3.8) is 0 Å². The molecule has 0 spiro atoms. The molecule has 1 N–H and O–H groups in total. The lowest BCUT2D eigenvalue weighted by molar-refractivity contribution is 0.0459. The van der Waals surface area contributed by atoms with E-state index in [1.165, 1.54) is 12.1 Å². The van der Waals surface area contributed by atoms with Crippen LogP contribution in [-0.2, 0) is 4.74 Å². The number of carbonyl (C=O) groups excluding carboxylic acids is 2. The summed E-state index contributed by atoms with van der Waals surface area (Å²) in [4.78, 5) is 26.6. The lowest BCUT2D eigenvalue weighted by Gasteiger charge is -2.35. The van der Waals surface area contributed by atoms with Crippen molar-refractivity contribution in [3.8, 4) is 11.3 Å². The second-order valence-corrected chi connectivity index (χ2v) is 8.09. The fourth-order valence-corrected chi connectivity index (χ4v) is 3.31. The molecule has 1 aromatic carbocycles. The Balaban J connectivity index is 1.68. The Morgan fingerprint density at radius 3 is 2.79 bits per heavy atom. The van der Waals surface area contributed by atoms with Crippen molar-refractivity contribution in [1.82, 2.24) is 15.4 Å². The van der Waals surface area contributed by atoms with Gasteiger partial charge in [0.2, 0.25) is 0 Å². The van der Waals surface area contributed by atoms with Crippen molar-refractivity contribution < 1.29 is 23.2 Å². The average Bonchev–Trinajstić information content (AvgIpc) is 3.15. The summed E-state index contributed by atoms with van der Waals surface area (Å²) in [7, 11) is 0. The van der Waals surface area contributed by atoms with Crippen LogP contribution in [0, 0.1) is 5.82 Å². The maximum absolute atomic E-state index is 14.0. The standard InChI is InChI=1S/C21H26FN3O4/c1-21(2,3)28-20(27)23-13-14-8-6-7-11-25(14)19(26)17-12-18(29-24-17)15-9-4-5-10-16(15)22/h4-5,9-10,12,14H,6-8,11,13H2,1-3H3,(H,23,27)/t14-/m0/s1. The van der Waals surface area contributed by atoms with Gasteiger partial charge in [-0.3, -0.25) is 4.79 Å². The van der Waals surface area contributed by atoms with Gasteiger partial charge in [-0.25, -0.2) is 9.18 Å². The van der Waals surface area contributed by atoms with Crippen LogP contribution in [-0.4, -0.2) is 46.8 Å². The first-order chi connectivity index (χ1) is 13.7. The number of nitrogens with one attached hydrogen (secondary N) is 1. The fourth-order valence-electron chi connectivity index (χ4n) is 3.31. The van der Waals surface area contributed by atoms with E-state index in [0.29, 0.717) is 13.1 Å². The van der Waals surface area contributed by atoms with Gasteiger partial charge < -0.3 is 19.5 Å². The molecule has 0 unspecified atom stereocenters. The molecule has 1 atom stereocenters. The van der Waals surface area contributed by atoms with Crippen LogP contribution < -0.4 is 5.32 Å². The number of hydrogen-bond acceptors (Lipinski definition) is 5. The summed E-state index contributed by atoms with van der Waals surface area (Å²) in [5.74, 6) is -0.543. The predicted octanol–water partition coefficient (Wildman–Crippen LogP) is 4.00. The van der Waals surface area contributed by atoms with Crippen LogP contribution in [0.2, 0.25) is 0 Å². The Hall–Kier alpha value is -2.90. The third kappa shape index (κ3) is 5.34. The molecule has 1 aromatic heterocycles. The molecule has 1 aliphatic heterocycles. The number of nitrogens with zero attached hydrogens (tertiary/aromatic N) is 2. The Labute approximate surface area is 169 Å². The van der Waals surface area contributed by atoms with Crippen molar-refractivity contribution in [2.24, 2.45) is 0 Å². The number of piperidine rings is 1. The summed E-state index contributed by atoms with van der Waals surface area (Å²) in [5.41, 5.74) is -0.219. The van der Waals surface area contributed by atoms with Crippen LogP contribution in [0.3, 0.4) is 0 Å². The van der Waals surface area contributed by atoms with E-state index >= 15 is 0 Å². The number of carbonyl (C=O) groups is 2. The highest BCUT2D eigenvalue weighted by atomic mass is 19.1. The van der Waals surface area contributed by atoms with Crippen LogP contribution in [0.1, 0.15) is 50.5 Å². The van der Waals surface area contributed by atoms with Crippen LogP contribution in [0.15, 0.2) is 34.9 Å². The molecule has 1 fully saturated rings. The molecule has 0 aliphatic carbocycles. The van der Waals surface area contributed by atoms with Gasteiger partial charge in [0, 0.05) is 25.2 Å². The first-order valence-corrected chi connectivity index (χ1v) is 9.74. The van der Waals surface area contributed by atoms with Crippen molar-refractivity contribution in [1.29, 1.82) is 0 Å². The van der Waals surface area contributed by atoms with Gasteiger partial charge in [-0.15, -0.1) is 0 Å². The van der Waals surface area contributed by atoms with Gasteiger partial charge in [-0.2, -0.15) is 0 Å². The third-order valence-corrected chi connectivity index (χ3v) is 4.64. The number of amides is 2. The number of rotatable bonds is 4. The van der Waals surface area contributed by atoms with Gasteiger partial charge in [-0.1, -0.05) is 17.3 Å². The van der Waals surface area contributed by atoms with E-state index in [1.54, 1.807) is 43.9 Å². The summed E-state index contributed by atoms with van der Waals surface area (Å²) in [6.45, 7) is 6.22. The number of benzene rings is 1. The molecule has 1 aliphatic rings. The van der Waals surface area contributed by atoms with Crippen LogP contribution in [0.5, 0.6) is 0 Å². The molecule has 2 amide bonds. The highest BCUT2D eigenvalue weighted by Crippen LogP contribution is 2.25. The summed E-state index contributed by atoms with van der Waals surface area (Å²) < 4.78 is 24.4. The Kier molecular flexibility index (Phi) is 6.20. The van der Waals surface area contributed by atoms with Gasteiger partial charge in [0.05, 0.1) is 5.56 Å². The highest BCUT2D eigenvalue weighted by Gasteiger charge is 2.30. The molecule has 29 heavy (non-hydrogen) atoms. The average molecular weight is 403 g/mol. The first kappa shape index (κ1) is 20.8. The quantitative estimate of drug-likeness (QED) is 0.834. The zero-order chi connectivity index (χ0) is 21.0. The molecule has 0 bridgehead atoms. The summed E-state index contributed by atoms with van der Waals surface area (Å²) in [6, 6.07) is 7.44. The van der Waals surface area contributed by atoms with E-state index in [4.69, 9.17) is 9.26 Å². The number of aromatic nitrogens is 1. The second-order valence-electron chi connectivity index (χ2n) is 8.09. The number of hydrogen-bond donors (Lipinski definition) is 1. The maximum Gasteiger partial charge on any atom is 0.407 e. The van der Waals surface area contributed by atoms with Gasteiger partial charge in [0.15, 0.2) is 11.5 Å². The smallest absolute Gasteiger partial charge is 0.407 e. The monoisotopic (exact) mass is 403 g/mol. The third-order valence-electron chi connectivity index (χ3n) is 4.64. The van der Waals surface area contributed by atoms with Gasteiger partial charge in [0.25, 0.3) is 5.91 Å². The van der Waals surface area contributed by atoms with Crippen LogP contribution in [0.25, 0.3) is 11.3 Å². The lowest BCUT2D eigenvalue weighted by atomic mass is 10.0. The molecule has 3 rings (SSSR count). The van der Waals surface area contributed by atoms with Crippen LogP contribution in [0.4, 0.5) is 9.18 Å². The molecule has 1 saturated heterocycles. The predicted molar refractivity (Wildman–Crippen MR) is 105 cm³/mol. The lowest BCUT2D eigenvalue weighted by Crippen LogP contribution is -2.50. The largest absolute Gasteiger partial charge is 0.444 e.